The van der Waals surface area contributed by atoms with Gasteiger partial charge >= 0.3 is 0 Å². The van der Waals surface area contributed by atoms with Gasteiger partial charge in [0.2, 0.25) is 5.91 Å². The van der Waals surface area contributed by atoms with Crippen molar-refractivity contribution < 1.29 is 54.4 Å². The lowest BCUT2D eigenvalue weighted by Gasteiger charge is -2.48. The zero-order valence-corrected chi connectivity index (χ0v) is 23.7. The van der Waals surface area contributed by atoms with Gasteiger partial charge in [-0.2, -0.15) is 0 Å². The fourth-order valence-corrected chi connectivity index (χ4v) is 6.39. The van der Waals surface area contributed by atoms with Gasteiger partial charge in [0.1, 0.15) is 24.4 Å². The highest BCUT2D eigenvalue weighted by atomic mass is 16.7. The Labute approximate surface area is 240 Å². The van der Waals surface area contributed by atoms with Crippen LogP contribution in [0.1, 0.15) is 45.6 Å². The second-order valence-corrected chi connectivity index (χ2v) is 11.7. The van der Waals surface area contributed by atoms with Crippen molar-refractivity contribution in [2.75, 3.05) is 6.61 Å². The van der Waals surface area contributed by atoms with Crippen LogP contribution < -0.4 is 5.32 Å². The molecule has 7 N–H and O–H groups in total. The summed E-state index contributed by atoms with van der Waals surface area (Å²) in [7, 11) is 0. The van der Waals surface area contributed by atoms with E-state index in [0.29, 0.717) is 6.42 Å². The third kappa shape index (κ3) is 7.63. The first kappa shape index (κ1) is 32.2. The van der Waals surface area contributed by atoms with Gasteiger partial charge in [-0.05, 0) is 38.7 Å². The summed E-state index contributed by atoms with van der Waals surface area (Å²) < 4.78 is 24.1. The Balaban J connectivity index is 1.57. The maximum atomic E-state index is 12.3. The van der Waals surface area contributed by atoms with Crippen molar-refractivity contribution >= 4 is 5.91 Å². The number of aliphatic hydroxyl groups excluding tert-OH is 6. The Hall–Kier alpha value is -1.71. The van der Waals surface area contributed by atoms with E-state index >= 15 is 0 Å². The Kier molecular flexibility index (Phi) is 11.1. The molecule has 0 aliphatic carbocycles. The topological polar surface area (TPSA) is 187 Å². The van der Waals surface area contributed by atoms with E-state index in [2.05, 4.69) is 5.32 Å². The van der Waals surface area contributed by atoms with E-state index in [9.17, 15) is 35.4 Å². The minimum atomic E-state index is -1.41. The molecule has 1 amide bonds. The highest BCUT2D eigenvalue weighted by Gasteiger charge is 2.50. The molecule has 4 rings (SSSR count). The van der Waals surface area contributed by atoms with E-state index in [0.717, 1.165) is 5.56 Å². The average molecular weight is 584 g/mol. The first-order chi connectivity index (χ1) is 19.5. The van der Waals surface area contributed by atoms with E-state index in [1.807, 2.05) is 37.3 Å². The number of carbonyl (C=O) groups excluding carboxylic acids is 1. The smallest absolute Gasteiger partial charge is 0.217 e. The largest absolute Gasteiger partial charge is 0.394 e. The fraction of sp³-hybridized carbons (Fsp3) is 0.759. The number of nitrogens with one attached hydrogen (secondary N) is 1. The summed E-state index contributed by atoms with van der Waals surface area (Å²) in [6.07, 6.45) is -9.99. The second kappa shape index (κ2) is 14.2. The van der Waals surface area contributed by atoms with Gasteiger partial charge in [0, 0.05) is 18.8 Å². The highest BCUT2D eigenvalue weighted by molar-refractivity contribution is 5.73. The Morgan fingerprint density at radius 3 is 2.22 bits per heavy atom. The molecule has 0 radical (unpaired) electrons. The predicted molar refractivity (Wildman–Crippen MR) is 144 cm³/mol. The highest BCUT2D eigenvalue weighted by Crippen LogP contribution is 2.39. The monoisotopic (exact) mass is 583 g/mol. The van der Waals surface area contributed by atoms with Crippen molar-refractivity contribution in [2.24, 2.45) is 11.8 Å². The molecular weight excluding hydrogens is 538 g/mol. The summed E-state index contributed by atoms with van der Waals surface area (Å²) in [6.45, 7) is 4.47. The number of ether oxygens (including phenoxy) is 4. The van der Waals surface area contributed by atoms with Crippen molar-refractivity contribution in [1.29, 1.82) is 0 Å². The van der Waals surface area contributed by atoms with E-state index in [1.54, 1.807) is 6.92 Å². The van der Waals surface area contributed by atoms with Gasteiger partial charge in [0.05, 0.1) is 55.9 Å². The molecule has 3 aliphatic rings. The van der Waals surface area contributed by atoms with Gasteiger partial charge in [-0.1, -0.05) is 30.3 Å². The molecule has 0 aromatic heterocycles. The van der Waals surface area contributed by atoms with E-state index in [-0.39, 0.29) is 31.5 Å². The number of aliphatic hydroxyl groups is 6. The Bertz CT molecular complexity index is 969. The predicted octanol–water partition coefficient (Wildman–Crippen LogP) is -0.793. The van der Waals surface area contributed by atoms with Crippen molar-refractivity contribution in [2.45, 2.75) is 120 Å². The molecule has 14 atom stereocenters. The van der Waals surface area contributed by atoms with E-state index in [1.165, 1.54) is 6.92 Å². The molecule has 3 heterocycles. The molecular formula is C29H45NO11. The normalized spacial score (nSPS) is 43.4. The summed E-state index contributed by atoms with van der Waals surface area (Å²) in [5.41, 5.74) is 0.876. The maximum absolute atomic E-state index is 12.3. The van der Waals surface area contributed by atoms with Crippen LogP contribution in [0.5, 0.6) is 0 Å². The minimum Gasteiger partial charge on any atom is -0.394 e. The van der Waals surface area contributed by atoms with Crippen LogP contribution in [0.25, 0.3) is 0 Å². The number of amides is 1. The van der Waals surface area contributed by atoms with Crippen LogP contribution in [-0.4, -0.2) is 117 Å². The number of benzene rings is 1. The van der Waals surface area contributed by atoms with Gasteiger partial charge in [0.25, 0.3) is 0 Å². The molecule has 1 aromatic rings. The van der Waals surface area contributed by atoms with Crippen LogP contribution >= 0.6 is 0 Å². The zero-order chi connectivity index (χ0) is 29.8. The Morgan fingerprint density at radius 2 is 1.56 bits per heavy atom. The van der Waals surface area contributed by atoms with Gasteiger partial charge in [0.15, 0.2) is 6.29 Å². The summed E-state index contributed by atoms with van der Waals surface area (Å²) in [5, 5.41) is 66.3. The lowest BCUT2D eigenvalue weighted by Crippen LogP contribution is -2.63. The van der Waals surface area contributed by atoms with Crippen LogP contribution in [0, 0.1) is 11.8 Å². The molecule has 12 nitrogen and oxygen atoms in total. The second-order valence-electron chi connectivity index (χ2n) is 11.7. The molecule has 3 saturated heterocycles. The molecule has 0 spiro atoms. The Morgan fingerprint density at radius 1 is 0.878 bits per heavy atom. The molecule has 3 fully saturated rings. The summed E-state index contributed by atoms with van der Waals surface area (Å²) >= 11 is 0. The van der Waals surface area contributed by atoms with Gasteiger partial charge in [-0.3, -0.25) is 4.79 Å². The standard InChI is InChI=1S/C29H45NO11/c1-14-9-20(33)18(10-22-27(36)28(37)25(34)15(2)40-22)21(39-14)11-19-24(30-16(3)32)29(41-23(12-31)26(19)35)38-13-17-7-5-4-6-8-17/h4-8,14-15,18-29,31,33-37H,9-13H2,1-3H3,(H,30,32)/t14-,15+,18-,19-,20+,21+,22+,23-,24-,25-,26+,27-,28-,29+/m1/s1. The molecule has 1 aromatic carbocycles. The third-order valence-corrected chi connectivity index (χ3v) is 8.60. The van der Waals surface area contributed by atoms with Crippen molar-refractivity contribution in [3.05, 3.63) is 35.9 Å². The molecule has 3 aliphatic heterocycles. The lowest BCUT2D eigenvalue weighted by molar-refractivity contribution is -0.269. The fourth-order valence-electron chi connectivity index (χ4n) is 6.39. The SMILES string of the molecule is CC(=O)N[C@H]1[C@@H](OCc2ccccc2)O[C@H](CO)[C@@H](O)[C@@H]1C[C@@H]1O[C@H](C)C[C@H](O)[C@H]1C[C@@H]1O[C@@H](C)[C@@H](O)[C@@H](O)[C@@H]1O. The number of rotatable bonds is 9. The molecule has 0 saturated carbocycles. The van der Waals surface area contributed by atoms with E-state index in [4.69, 9.17) is 18.9 Å². The summed E-state index contributed by atoms with van der Waals surface area (Å²) in [5.74, 6) is -1.62. The van der Waals surface area contributed by atoms with Gasteiger partial charge < -0.3 is 54.9 Å². The molecule has 0 bridgehead atoms. The van der Waals surface area contributed by atoms with Crippen molar-refractivity contribution in [3.63, 3.8) is 0 Å². The van der Waals surface area contributed by atoms with E-state index < -0.39 is 85.7 Å². The van der Waals surface area contributed by atoms with Gasteiger partial charge in [-0.25, -0.2) is 0 Å². The van der Waals surface area contributed by atoms with Crippen molar-refractivity contribution in [3.8, 4) is 0 Å². The van der Waals surface area contributed by atoms with Crippen LogP contribution in [0.2, 0.25) is 0 Å². The molecule has 0 unspecified atom stereocenters. The number of hydrogen-bond donors (Lipinski definition) is 7. The van der Waals surface area contributed by atoms with Crippen molar-refractivity contribution in [1.82, 2.24) is 5.32 Å². The first-order valence-corrected chi connectivity index (χ1v) is 14.4. The first-order valence-electron chi connectivity index (χ1n) is 14.4. The minimum absolute atomic E-state index is 0.120. The van der Waals surface area contributed by atoms with Crippen LogP contribution in [0.15, 0.2) is 30.3 Å². The van der Waals surface area contributed by atoms with Crippen LogP contribution in [-0.2, 0) is 30.3 Å². The number of hydrogen-bond acceptors (Lipinski definition) is 11. The zero-order valence-electron chi connectivity index (χ0n) is 23.7. The average Bonchev–Trinajstić information content (AvgIpc) is 2.93. The number of carbonyl (C=O) groups is 1. The summed E-state index contributed by atoms with van der Waals surface area (Å²) in [4.78, 5) is 12.3. The third-order valence-electron chi connectivity index (χ3n) is 8.60. The van der Waals surface area contributed by atoms with Crippen LogP contribution in [0.3, 0.4) is 0 Å². The van der Waals surface area contributed by atoms with Crippen LogP contribution in [0.4, 0.5) is 0 Å². The maximum Gasteiger partial charge on any atom is 0.217 e. The molecule has 12 heteroatoms. The molecule has 232 valence electrons. The lowest BCUT2D eigenvalue weighted by atomic mass is 9.75. The summed E-state index contributed by atoms with van der Waals surface area (Å²) in [6, 6.07) is 8.58. The van der Waals surface area contributed by atoms with Gasteiger partial charge in [-0.15, -0.1) is 0 Å². The quantitative estimate of drug-likeness (QED) is 0.193. The molecule has 41 heavy (non-hydrogen) atoms.